The number of aryl methyl sites for hydroxylation is 4. The number of ether oxygens (including phenoxy) is 1. The number of hydrogen-bond donors (Lipinski definition) is 2. The number of hydrogen-bond acceptors (Lipinski definition) is 3. The minimum atomic E-state index is -0.0370. The molecule has 5 heteroatoms. The van der Waals surface area contributed by atoms with E-state index in [9.17, 15) is 9.59 Å². The van der Waals surface area contributed by atoms with E-state index in [-0.39, 0.29) is 11.8 Å². The maximum absolute atomic E-state index is 11.4. The highest BCUT2D eigenvalue weighted by Gasteiger charge is 2.06. The molecule has 2 rings (SSSR count). The lowest BCUT2D eigenvalue weighted by Crippen LogP contribution is -2.09. The smallest absolute Gasteiger partial charge is 0.221 e. The van der Waals surface area contributed by atoms with Crippen molar-refractivity contribution in [3.63, 3.8) is 0 Å². The molecule has 0 aliphatic heterocycles. The number of amides is 2. The van der Waals surface area contributed by atoms with Gasteiger partial charge in [0.1, 0.15) is 0 Å². The first kappa shape index (κ1) is 24.6. The SMILES string of the molecule is CC(=O)Nc1cc(C)ccc1CCCCOCCCCc1ccc(C)cc1NC(C)=O. The van der Waals surface area contributed by atoms with Crippen LogP contribution >= 0.6 is 0 Å². The van der Waals surface area contributed by atoms with Crippen LogP contribution in [-0.4, -0.2) is 25.0 Å². The first-order chi connectivity index (χ1) is 14.8. The highest BCUT2D eigenvalue weighted by atomic mass is 16.5. The molecule has 0 saturated heterocycles. The first-order valence-electron chi connectivity index (χ1n) is 11.2. The van der Waals surface area contributed by atoms with Gasteiger partial charge in [-0.2, -0.15) is 0 Å². The summed E-state index contributed by atoms with van der Waals surface area (Å²) in [4.78, 5) is 22.8. The Morgan fingerprint density at radius 3 is 1.52 bits per heavy atom. The second-order valence-corrected chi connectivity index (χ2v) is 8.21. The summed E-state index contributed by atoms with van der Waals surface area (Å²) in [7, 11) is 0. The molecule has 0 bridgehead atoms. The number of benzene rings is 2. The van der Waals surface area contributed by atoms with Crippen LogP contribution in [0.3, 0.4) is 0 Å². The third-order valence-electron chi connectivity index (χ3n) is 5.12. The minimum Gasteiger partial charge on any atom is -0.381 e. The fourth-order valence-corrected chi connectivity index (χ4v) is 3.57. The van der Waals surface area contributed by atoms with Crippen LogP contribution in [0.2, 0.25) is 0 Å². The zero-order valence-electron chi connectivity index (χ0n) is 19.3. The van der Waals surface area contributed by atoms with Crippen molar-refractivity contribution in [3.8, 4) is 0 Å². The normalized spacial score (nSPS) is 10.7. The molecule has 0 unspecified atom stereocenters. The molecule has 2 amide bonds. The lowest BCUT2D eigenvalue weighted by atomic mass is 10.0. The van der Waals surface area contributed by atoms with Gasteiger partial charge in [-0.05, 0) is 86.8 Å². The zero-order chi connectivity index (χ0) is 22.6. The van der Waals surface area contributed by atoms with Crippen molar-refractivity contribution in [2.75, 3.05) is 23.8 Å². The lowest BCUT2D eigenvalue weighted by molar-refractivity contribution is -0.115. The van der Waals surface area contributed by atoms with E-state index in [1.54, 1.807) is 13.8 Å². The second kappa shape index (κ2) is 12.9. The molecule has 0 aliphatic rings. The fraction of sp³-hybridized carbons (Fsp3) is 0.462. The standard InChI is InChI=1S/C26H36N2O3/c1-19-11-13-23(25(17-19)27-21(3)29)9-5-7-15-31-16-8-6-10-24-14-12-20(2)18-26(24)28-22(4)30/h11-14,17-18H,5-10,15-16H2,1-4H3,(H,27,29)(H,28,30). The summed E-state index contributed by atoms with van der Waals surface area (Å²) < 4.78 is 5.80. The van der Waals surface area contributed by atoms with E-state index in [2.05, 4.69) is 34.9 Å². The molecule has 0 aliphatic carbocycles. The van der Waals surface area contributed by atoms with Gasteiger partial charge in [0.2, 0.25) is 11.8 Å². The summed E-state index contributed by atoms with van der Waals surface area (Å²) in [5, 5.41) is 5.85. The molecule has 0 aromatic heterocycles. The van der Waals surface area contributed by atoms with E-state index >= 15 is 0 Å². The molecule has 31 heavy (non-hydrogen) atoms. The summed E-state index contributed by atoms with van der Waals surface area (Å²) in [6.07, 6.45) is 5.91. The number of rotatable bonds is 12. The molecule has 0 heterocycles. The third kappa shape index (κ3) is 9.35. The number of nitrogens with one attached hydrogen (secondary N) is 2. The Labute approximate surface area is 186 Å². The van der Waals surface area contributed by atoms with E-state index in [1.165, 1.54) is 11.1 Å². The Morgan fingerprint density at radius 2 is 1.13 bits per heavy atom. The summed E-state index contributed by atoms with van der Waals surface area (Å²) in [6, 6.07) is 12.4. The molecule has 2 aromatic rings. The summed E-state index contributed by atoms with van der Waals surface area (Å²) in [5.41, 5.74) is 6.48. The Bertz CT molecular complexity index is 805. The van der Waals surface area contributed by atoms with Gasteiger partial charge in [0.05, 0.1) is 0 Å². The Morgan fingerprint density at radius 1 is 0.710 bits per heavy atom. The number of carbonyl (C=O) groups is 2. The van der Waals surface area contributed by atoms with Crippen LogP contribution in [0.25, 0.3) is 0 Å². The van der Waals surface area contributed by atoms with E-state index in [0.29, 0.717) is 0 Å². The van der Waals surface area contributed by atoms with Crippen LogP contribution in [0.1, 0.15) is 61.8 Å². The topological polar surface area (TPSA) is 67.4 Å². The average Bonchev–Trinajstić information content (AvgIpc) is 2.68. The predicted molar refractivity (Wildman–Crippen MR) is 128 cm³/mol. The van der Waals surface area contributed by atoms with E-state index in [1.807, 2.05) is 26.0 Å². The monoisotopic (exact) mass is 424 g/mol. The van der Waals surface area contributed by atoms with Gasteiger partial charge >= 0.3 is 0 Å². The van der Waals surface area contributed by atoms with Gasteiger partial charge in [0.25, 0.3) is 0 Å². The van der Waals surface area contributed by atoms with Gasteiger partial charge in [-0.25, -0.2) is 0 Å². The van der Waals surface area contributed by atoms with Gasteiger partial charge in [0.15, 0.2) is 0 Å². The van der Waals surface area contributed by atoms with Crippen molar-refractivity contribution in [3.05, 3.63) is 58.7 Å². The molecule has 0 fully saturated rings. The molecule has 0 radical (unpaired) electrons. The Hall–Kier alpha value is -2.66. The lowest BCUT2D eigenvalue weighted by Gasteiger charge is -2.12. The first-order valence-corrected chi connectivity index (χ1v) is 11.2. The molecular formula is C26H36N2O3. The van der Waals surface area contributed by atoms with Gasteiger partial charge in [0, 0.05) is 38.4 Å². The van der Waals surface area contributed by atoms with Gasteiger partial charge < -0.3 is 15.4 Å². The number of unbranched alkanes of at least 4 members (excludes halogenated alkanes) is 2. The van der Waals surface area contributed by atoms with Crippen molar-refractivity contribution in [1.82, 2.24) is 0 Å². The summed E-state index contributed by atoms with van der Waals surface area (Å²) in [5.74, 6) is -0.0740. The third-order valence-corrected chi connectivity index (χ3v) is 5.12. The predicted octanol–water partition coefficient (Wildman–Crippen LogP) is 5.58. The zero-order valence-corrected chi connectivity index (χ0v) is 19.3. The maximum Gasteiger partial charge on any atom is 0.221 e. The molecule has 2 aromatic carbocycles. The quantitative estimate of drug-likeness (QED) is 0.437. The number of anilines is 2. The van der Waals surface area contributed by atoms with Crippen LogP contribution in [0.5, 0.6) is 0 Å². The molecule has 0 atom stereocenters. The maximum atomic E-state index is 11.4. The molecule has 0 spiro atoms. The minimum absolute atomic E-state index is 0.0370. The van der Waals surface area contributed by atoms with E-state index < -0.39 is 0 Å². The Kier molecular flexibility index (Phi) is 10.2. The Balaban J connectivity index is 1.63. The number of carbonyl (C=O) groups excluding carboxylic acids is 2. The van der Waals surface area contributed by atoms with Crippen molar-refractivity contribution in [2.45, 2.75) is 66.2 Å². The molecule has 2 N–H and O–H groups in total. The van der Waals surface area contributed by atoms with Crippen LogP contribution < -0.4 is 10.6 Å². The highest BCUT2D eigenvalue weighted by Crippen LogP contribution is 2.21. The second-order valence-electron chi connectivity index (χ2n) is 8.21. The largest absolute Gasteiger partial charge is 0.381 e. The van der Waals surface area contributed by atoms with E-state index in [0.717, 1.165) is 74.2 Å². The summed E-state index contributed by atoms with van der Waals surface area (Å²) >= 11 is 0. The van der Waals surface area contributed by atoms with Crippen molar-refractivity contribution >= 4 is 23.2 Å². The highest BCUT2D eigenvalue weighted by molar-refractivity contribution is 5.90. The van der Waals surface area contributed by atoms with Crippen LogP contribution in [-0.2, 0) is 27.2 Å². The van der Waals surface area contributed by atoms with Crippen LogP contribution in [0.15, 0.2) is 36.4 Å². The summed E-state index contributed by atoms with van der Waals surface area (Å²) in [6.45, 7) is 8.65. The molecule has 0 saturated carbocycles. The molecule has 168 valence electrons. The van der Waals surface area contributed by atoms with Gasteiger partial charge in [-0.1, -0.05) is 24.3 Å². The van der Waals surface area contributed by atoms with Gasteiger partial charge in [-0.15, -0.1) is 0 Å². The average molecular weight is 425 g/mol. The molecular weight excluding hydrogens is 388 g/mol. The van der Waals surface area contributed by atoms with Crippen molar-refractivity contribution in [1.29, 1.82) is 0 Å². The van der Waals surface area contributed by atoms with E-state index in [4.69, 9.17) is 4.74 Å². The van der Waals surface area contributed by atoms with Crippen LogP contribution in [0, 0.1) is 13.8 Å². The van der Waals surface area contributed by atoms with Crippen molar-refractivity contribution < 1.29 is 14.3 Å². The fourth-order valence-electron chi connectivity index (χ4n) is 3.57. The van der Waals surface area contributed by atoms with Crippen molar-refractivity contribution in [2.24, 2.45) is 0 Å². The van der Waals surface area contributed by atoms with Crippen LogP contribution in [0.4, 0.5) is 11.4 Å². The van der Waals surface area contributed by atoms with Gasteiger partial charge in [-0.3, -0.25) is 9.59 Å². The molecule has 5 nitrogen and oxygen atoms in total.